The summed E-state index contributed by atoms with van der Waals surface area (Å²) in [6.07, 6.45) is -1.28. The number of alkyl halides is 4. The molecule has 2 aliphatic rings. The number of likely N-dealkylation sites (tertiary alicyclic amines) is 1. The third kappa shape index (κ3) is 4.15. The number of rotatable bonds is 6. The fourth-order valence-electron chi connectivity index (χ4n) is 4.26. The van der Waals surface area contributed by atoms with Crippen LogP contribution in [0.3, 0.4) is 0 Å². The van der Waals surface area contributed by atoms with E-state index in [9.17, 15) is 31.9 Å². The summed E-state index contributed by atoms with van der Waals surface area (Å²) in [5.74, 6) is -5.70. The first-order valence-electron chi connectivity index (χ1n) is 10.0. The first-order chi connectivity index (χ1) is 15.6. The monoisotopic (exact) mass is 465 g/mol. The van der Waals surface area contributed by atoms with Crippen molar-refractivity contribution in [1.82, 2.24) is 10.2 Å². The first-order valence-corrected chi connectivity index (χ1v) is 10.0. The van der Waals surface area contributed by atoms with Crippen LogP contribution in [-0.4, -0.2) is 54.5 Å². The van der Waals surface area contributed by atoms with Crippen molar-refractivity contribution in [3.05, 3.63) is 59.2 Å². The highest BCUT2D eigenvalue weighted by molar-refractivity contribution is 5.98. The second-order valence-electron chi connectivity index (χ2n) is 7.78. The first kappa shape index (κ1) is 22.7. The lowest BCUT2D eigenvalue weighted by Gasteiger charge is -2.22. The summed E-state index contributed by atoms with van der Waals surface area (Å²) in [7, 11) is 0. The Kier molecular flexibility index (Phi) is 5.83. The molecule has 0 aromatic heterocycles. The van der Waals surface area contributed by atoms with E-state index in [1.165, 1.54) is 24.3 Å². The molecule has 1 aliphatic carbocycles. The minimum Gasteiger partial charge on any atom is -0.368 e. The molecule has 0 radical (unpaired) electrons. The van der Waals surface area contributed by atoms with Crippen molar-refractivity contribution in [2.45, 2.75) is 31.1 Å². The topological polar surface area (TPSA) is 102 Å². The van der Waals surface area contributed by atoms with Gasteiger partial charge in [0.2, 0.25) is 11.8 Å². The summed E-state index contributed by atoms with van der Waals surface area (Å²) < 4.78 is 59.0. The Morgan fingerprint density at radius 3 is 2.52 bits per heavy atom. The van der Waals surface area contributed by atoms with Gasteiger partial charge in [-0.05, 0) is 23.3 Å². The number of nitrogens with zero attached hydrogens (tertiary/aromatic N) is 1. The molecule has 2 aromatic rings. The van der Waals surface area contributed by atoms with Gasteiger partial charge in [-0.1, -0.05) is 30.3 Å². The average molecular weight is 465 g/mol. The number of hydrogen-bond donors (Lipinski definition) is 2. The second-order valence-corrected chi connectivity index (χ2v) is 7.78. The summed E-state index contributed by atoms with van der Waals surface area (Å²) >= 11 is 0. The number of hydrogen-bond acceptors (Lipinski definition) is 4. The van der Waals surface area contributed by atoms with Crippen molar-refractivity contribution in [3.8, 4) is 11.1 Å². The fourth-order valence-corrected chi connectivity index (χ4v) is 4.26. The minimum absolute atomic E-state index is 0.0826. The number of halogens is 4. The SMILES string of the molecule is NC(=O)C1CC(OC(F)F)CN1C(=O)CNC(=O)c1ccc2c(c1)C(F)(F)c1ccccc1-2. The molecular weight excluding hydrogens is 446 g/mol. The predicted molar refractivity (Wildman–Crippen MR) is 107 cm³/mol. The van der Waals surface area contributed by atoms with E-state index in [1.807, 2.05) is 0 Å². The Morgan fingerprint density at radius 2 is 1.82 bits per heavy atom. The van der Waals surface area contributed by atoms with Crippen molar-refractivity contribution < 1.29 is 36.7 Å². The third-order valence-electron chi connectivity index (χ3n) is 5.78. The molecule has 174 valence electrons. The molecule has 2 unspecified atom stereocenters. The number of benzene rings is 2. The van der Waals surface area contributed by atoms with E-state index in [4.69, 9.17) is 5.73 Å². The van der Waals surface area contributed by atoms with Crippen LogP contribution in [0.2, 0.25) is 0 Å². The zero-order valence-corrected chi connectivity index (χ0v) is 17.1. The van der Waals surface area contributed by atoms with E-state index in [0.29, 0.717) is 11.1 Å². The van der Waals surface area contributed by atoms with Crippen molar-refractivity contribution in [2.75, 3.05) is 13.1 Å². The number of nitrogens with one attached hydrogen (secondary N) is 1. The van der Waals surface area contributed by atoms with Gasteiger partial charge in [0.15, 0.2) is 0 Å². The van der Waals surface area contributed by atoms with Gasteiger partial charge < -0.3 is 20.7 Å². The van der Waals surface area contributed by atoms with Crippen molar-refractivity contribution in [2.24, 2.45) is 5.73 Å². The van der Waals surface area contributed by atoms with E-state index in [2.05, 4.69) is 10.1 Å². The Labute approximate surface area is 185 Å². The summed E-state index contributed by atoms with van der Waals surface area (Å²) in [4.78, 5) is 37.6. The fraction of sp³-hybridized carbons (Fsp3) is 0.318. The number of fused-ring (bicyclic) bond motifs is 3. The van der Waals surface area contributed by atoms with Crippen LogP contribution in [0, 0.1) is 0 Å². The molecule has 33 heavy (non-hydrogen) atoms. The third-order valence-corrected chi connectivity index (χ3v) is 5.78. The quantitative estimate of drug-likeness (QED) is 0.639. The maximum absolute atomic E-state index is 14.8. The standard InChI is InChI=1S/C22H19F4N3O4/c23-21(24)33-12-8-17(19(27)31)29(10-12)18(30)9-28-20(32)11-5-6-14-13-3-1-2-4-15(13)22(25,26)16(14)7-11/h1-7,12,17,21H,8-10H2,(H2,27,31)(H,28,32). The molecule has 7 nitrogen and oxygen atoms in total. The maximum atomic E-state index is 14.8. The largest absolute Gasteiger partial charge is 0.368 e. The van der Waals surface area contributed by atoms with Gasteiger partial charge in [0.05, 0.1) is 12.6 Å². The van der Waals surface area contributed by atoms with Gasteiger partial charge in [-0.25, -0.2) is 0 Å². The number of carbonyl (C=O) groups excluding carboxylic acids is 3. The van der Waals surface area contributed by atoms with Gasteiger partial charge in [0.1, 0.15) is 6.04 Å². The van der Waals surface area contributed by atoms with Gasteiger partial charge in [-0.2, -0.15) is 17.6 Å². The van der Waals surface area contributed by atoms with Gasteiger partial charge in [-0.3, -0.25) is 14.4 Å². The summed E-state index contributed by atoms with van der Waals surface area (Å²) in [6, 6.07) is 8.75. The molecule has 0 saturated carbocycles. The Hall–Kier alpha value is -3.47. The summed E-state index contributed by atoms with van der Waals surface area (Å²) in [6.45, 7) is -3.96. The van der Waals surface area contributed by atoms with E-state index < -0.39 is 48.9 Å². The Morgan fingerprint density at radius 1 is 1.12 bits per heavy atom. The summed E-state index contributed by atoms with van der Waals surface area (Å²) in [5, 5.41) is 2.31. The zero-order chi connectivity index (χ0) is 23.9. The molecule has 1 aliphatic heterocycles. The number of nitrogens with two attached hydrogens (primary N) is 1. The van der Waals surface area contributed by atoms with Crippen LogP contribution in [0.5, 0.6) is 0 Å². The molecule has 3 N–H and O–H groups in total. The average Bonchev–Trinajstić information content (AvgIpc) is 3.29. The predicted octanol–water partition coefficient (Wildman–Crippen LogP) is 2.23. The molecular formula is C22H19F4N3O4. The molecule has 0 bridgehead atoms. The number of primary amides is 1. The highest BCUT2D eigenvalue weighted by atomic mass is 19.3. The van der Waals surface area contributed by atoms with Crippen molar-refractivity contribution >= 4 is 17.7 Å². The molecule has 0 spiro atoms. The van der Waals surface area contributed by atoms with Gasteiger partial charge in [0.25, 0.3) is 11.8 Å². The Balaban J connectivity index is 1.45. The number of ether oxygens (including phenoxy) is 1. The van der Waals surface area contributed by atoms with Crippen molar-refractivity contribution in [1.29, 1.82) is 0 Å². The van der Waals surface area contributed by atoms with E-state index in [-0.39, 0.29) is 29.7 Å². The highest BCUT2D eigenvalue weighted by Gasteiger charge is 2.44. The normalized spacial score (nSPS) is 20.5. The Bertz CT molecular complexity index is 1120. The van der Waals surface area contributed by atoms with E-state index in [1.54, 1.807) is 12.1 Å². The highest BCUT2D eigenvalue weighted by Crippen LogP contribution is 2.50. The minimum atomic E-state index is -3.28. The lowest BCUT2D eigenvalue weighted by molar-refractivity contribution is -0.160. The number of amides is 3. The molecule has 11 heteroatoms. The van der Waals surface area contributed by atoms with E-state index in [0.717, 1.165) is 11.0 Å². The molecule has 4 rings (SSSR count). The van der Waals surface area contributed by atoms with Crippen LogP contribution in [0.15, 0.2) is 42.5 Å². The smallest absolute Gasteiger partial charge is 0.345 e. The van der Waals surface area contributed by atoms with Gasteiger partial charge in [-0.15, -0.1) is 0 Å². The lowest BCUT2D eigenvalue weighted by Crippen LogP contribution is -2.47. The van der Waals surface area contributed by atoms with Crippen LogP contribution in [-0.2, 0) is 20.2 Å². The molecule has 2 aromatic carbocycles. The van der Waals surface area contributed by atoms with Crippen LogP contribution in [0.25, 0.3) is 11.1 Å². The van der Waals surface area contributed by atoms with Crippen LogP contribution in [0.1, 0.15) is 27.9 Å². The van der Waals surface area contributed by atoms with Gasteiger partial charge >= 0.3 is 6.61 Å². The maximum Gasteiger partial charge on any atom is 0.345 e. The van der Waals surface area contributed by atoms with Crippen molar-refractivity contribution in [3.63, 3.8) is 0 Å². The second kappa shape index (κ2) is 8.47. The van der Waals surface area contributed by atoms with E-state index >= 15 is 0 Å². The molecule has 3 amide bonds. The lowest BCUT2D eigenvalue weighted by atomic mass is 10.0. The molecule has 1 saturated heterocycles. The zero-order valence-electron chi connectivity index (χ0n) is 17.1. The summed E-state index contributed by atoms with van der Waals surface area (Å²) in [5.41, 5.74) is 5.39. The van der Waals surface area contributed by atoms with Crippen LogP contribution >= 0.6 is 0 Å². The molecule has 2 atom stereocenters. The molecule has 1 heterocycles. The van der Waals surface area contributed by atoms with Crippen LogP contribution < -0.4 is 11.1 Å². The van der Waals surface area contributed by atoms with Crippen LogP contribution in [0.4, 0.5) is 17.6 Å². The molecule has 1 fully saturated rings. The van der Waals surface area contributed by atoms with Gasteiger partial charge in [0, 0.05) is 29.7 Å². The number of carbonyl (C=O) groups is 3.